The number of nitrogens with one attached hydrogen (secondary N) is 1. The molecule has 1 atom stereocenters. The van der Waals surface area contributed by atoms with Crippen molar-refractivity contribution in [2.45, 2.75) is 25.9 Å². The molecule has 1 amide bonds. The van der Waals surface area contributed by atoms with E-state index in [1.807, 2.05) is 36.0 Å². The largest absolute Gasteiger partial charge is 0.364 e. The van der Waals surface area contributed by atoms with Crippen molar-refractivity contribution >= 4 is 5.91 Å². The SMILES string of the molecule is C[C@H](NC(=O)Cc1ccon1)c1cnn(Cc2ccccc2)c1. The van der Waals surface area contributed by atoms with Crippen LogP contribution in [0.5, 0.6) is 0 Å². The van der Waals surface area contributed by atoms with Gasteiger partial charge in [0.05, 0.1) is 30.9 Å². The van der Waals surface area contributed by atoms with Gasteiger partial charge in [0.15, 0.2) is 0 Å². The van der Waals surface area contributed by atoms with Gasteiger partial charge in [0, 0.05) is 17.8 Å². The fraction of sp³-hybridized carbons (Fsp3) is 0.235. The predicted octanol–water partition coefficient (Wildman–Crippen LogP) is 2.34. The number of hydrogen-bond acceptors (Lipinski definition) is 4. The van der Waals surface area contributed by atoms with Crippen LogP contribution in [0.3, 0.4) is 0 Å². The van der Waals surface area contributed by atoms with E-state index in [0.29, 0.717) is 12.2 Å². The van der Waals surface area contributed by atoms with Crippen LogP contribution in [0.2, 0.25) is 0 Å². The molecule has 6 nitrogen and oxygen atoms in total. The van der Waals surface area contributed by atoms with Crippen molar-refractivity contribution in [3.63, 3.8) is 0 Å². The first-order chi connectivity index (χ1) is 11.2. The molecule has 6 heteroatoms. The van der Waals surface area contributed by atoms with Crippen molar-refractivity contribution in [1.29, 1.82) is 0 Å². The van der Waals surface area contributed by atoms with Crippen molar-refractivity contribution in [2.75, 3.05) is 0 Å². The maximum atomic E-state index is 12.0. The van der Waals surface area contributed by atoms with E-state index in [9.17, 15) is 4.79 Å². The summed E-state index contributed by atoms with van der Waals surface area (Å²) in [5, 5.41) is 11.0. The Bertz CT molecular complexity index is 750. The van der Waals surface area contributed by atoms with Crippen molar-refractivity contribution in [2.24, 2.45) is 0 Å². The lowest BCUT2D eigenvalue weighted by Crippen LogP contribution is -2.28. The molecule has 3 aromatic rings. The fourth-order valence-electron chi connectivity index (χ4n) is 2.33. The predicted molar refractivity (Wildman–Crippen MR) is 84.5 cm³/mol. The monoisotopic (exact) mass is 310 g/mol. The molecule has 23 heavy (non-hydrogen) atoms. The van der Waals surface area contributed by atoms with Crippen LogP contribution in [0.1, 0.15) is 29.8 Å². The molecule has 0 spiro atoms. The quantitative estimate of drug-likeness (QED) is 0.758. The van der Waals surface area contributed by atoms with Gasteiger partial charge in [-0.3, -0.25) is 9.48 Å². The smallest absolute Gasteiger partial charge is 0.226 e. The molecule has 0 aliphatic heterocycles. The molecule has 1 N–H and O–H groups in total. The standard InChI is InChI=1S/C17H18N4O2/c1-13(19-17(22)9-16-7-8-23-20-16)15-10-18-21(12-15)11-14-5-3-2-4-6-14/h2-8,10,12-13H,9,11H2,1H3,(H,19,22)/t13-/m0/s1. The number of carbonyl (C=O) groups is 1. The first kappa shape index (κ1) is 15.0. The van der Waals surface area contributed by atoms with Crippen LogP contribution >= 0.6 is 0 Å². The first-order valence-corrected chi connectivity index (χ1v) is 7.45. The lowest BCUT2D eigenvalue weighted by molar-refractivity contribution is -0.121. The lowest BCUT2D eigenvalue weighted by Gasteiger charge is -2.11. The van der Waals surface area contributed by atoms with Gasteiger partial charge in [-0.2, -0.15) is 5.10 Å². The molecule has 0 saturated carbocycles. The molecule has 0 bridgehead atoms. The van der Waals surface area contributed by atoms with Gasteiger partial charge in [-0.1, -0.05) is 35.5 Å². The summed E-state index contributed by atoms with van der Waals surface area (Å²) in [6.45, 7) is 2.64. The highest BCUT2D eigenvalue weighted by molar-refractivity contribution is 5.78. The summed E-state index contributed by atoms with van der Waals surface area (Å²) >= 11 is 0. The van der Waals surface area contributed by atoms with Crippen LogP contribution in [0.25, 0.3) is 0 Å². The van der Waals surface area contributed by atoms with E-state index in [1.54, 1.807) is 12.3 Å². The number of aromatic nitrogens is 3. The number of nitrogens with zero attached hydrogens (tertiary/aromatic N) is 3. The summed E-state index contributed by atoms with van der Waals surface area (Å²) in [4.78, 5) is 12.0. The Hall–Kier alpha value is -2.89. The van der Waals surface area contributed by atoms with Crippen molar-refractivity contribution in [1.82, 2.24) is 20.3 Å². The third-order valence-corrected chi connectivity index (χ3v) is 3.55. The summed E-state index contributed by atoms with van der Waals surface area (Å²) in [7, 11) is 0. The molecule has 0 unspecified atom stereocenters. The van der Waals surface area contributed by atoms with Crippen LogP contribution in [0.4, 0.5) is 0 Å². The van der Waals surface area contributed by atoms with Crippen LogP contribution in [-0.2, 0) is 17.8 Å². The second kappa shape index (κ2) is 6.91. The van der Waals surface area contributed by atoms with Crippen LogP contribution in [0, 0.1) is 0 Å². The number of amides is 1. The van der Waals surface area contributed by atoms with Gasteiger partial charge < -0.3 is 9.84 Å². The highest BCUT2D eigenvalue weighted by atomic mass is 16.5. The Morgan fingerprint density at radius 1 is 1.30 bits per heavy atom. The maximum Gasteiger partial charge on any atom is 0.226 e. The molecule has 2 heterocycles. The van der Waals surface area contributed by atoms with E-state index in [-0.39, 0.29) is 18.4 Å². The first-order valence-electron chi connectivity index (χ1n) is 7.45. The van der Waals surface area contributed by atoms with Gasteiger partial charge in [0.1, 0.15) is 6.26 Å². The molecule has 1 aromatic carbocycles. The van der Waals surface area contributed by atoms with Gasteiger partial charge in [-0.25, -0.2) is 0 Å². The molecule has 0 aliphatic rings. The van der Waals surface area contributed by atoms with Crippen molar-refractivity contribution in [3.05, 3.63) is 71.9 Å². The van der Waals surface area contributed by atoms with Crippen molar-refractivity contribution < 1.29 is 9.32 Å². The van der Waals surface area contributed by atoms with E-state index in [1.165, 1.54) is 11.8 Å². The molecular weight excluding hydrogens is 292 g/mol. The zero-order valence-corrected chi connectivity index (χ0v) is 12.8. The number of carbonyl (C=O) groups excluding carboxylic acids is 1. The van der Waals surface area contributed by atoms with E-state index in [2.05, 4.69) is 27.7 Å². The second-order valence-corrected chi connectivity index (χ2v) is 5.41. The van der Waals surface area contributed by atoms with Gasteiger partial charge in [-0.15, -0.1) is 0 Å². The maximum absolute atomic E-state index is 12.0. The molecule has 0 aliphatic carbocycles. The van der Waals surface area contributed by atoms with Crippen LogP contribution < -0.4 is 5.32 Å². The van der Waals surface area contributed by atoms with E-state index >= 15 is 0 Å². The Morgan fingerprint density at radius 3 is 2.87 bits per heavy atom. The summed E-state index contributed by atoms with van der Waals surface area (Å²) in [5.74, 6) is -0.0952. The highest BCUT2D eigenvalue weighted by Crippen LogP contribution is 2.12. The Kier molecular flexibility index (Phi) is 4.52. The second-order valence-electron chi connectivity index (χ2n) is 5.41. The lowest BCUT2D eigenvalue weighted by atomic mass is 10.2. The normalized spacial score (nSPS) is 12.0. The summed E-state index contributed by atoms with van der Waals surface area (Å²) in [5.41, 5.74) is 2.77. The van der Waals surface area contributed by atoms with Crippen LogP contribution in [-0.4, -0.2) is 20.8 Å². The van der Waals surface area contributed by atoms with E-state index in [4.69, 9.17) is 4.52 Å². The highest BCUT2D eigenvalue weighted by Gasteiger charge is 2.13. The summed E-state index contributed by atoms with van der Waals surface area (Å²) in [6, 6.07) is 11.7. The van der Waals surface area contributed by atoms with Gasteiger partial charge in [0.25, 0.3) is 0 Å². The topological polar surface area (TPSA) is 73.0 Å². The molecule has 3 rings (SSSR count). The average molecular weight is 310 g/mol. The van der Waals surface area contributed by atoms with Gasteiger partial charge >= 0.3 is 0 Å². The number of hydrogen-bond donors (Lipinski definition) is 1. The van der Waals surface area contributed by atoms with Crippen molar-refractivity contribution in [3.8, 4) is 0 Å². The third-order valence-electron chi connectivity index (χ3n) is 3.55. The Morgan fingerprint density at radius 2 is 2.13 bits per heavy atom. The minimum absolute atomic E-state index is 0.0952. The minimum Gasteiger partial charge on any atom is -0.364 e. The average Bonchev–Trinajstić information content (AvgIpc) is 3.20. The van der Waals surface area contributed by atoms with Gasteiger partial charge in [-0.05, 0) is 12.5 Å². The number of benzene rings is 1. The zero-order valence-electron chi connectivity index (χ0n) is 12.8. The molecule has 0 fully saturated rings. The molecule has 0 radical (unpaired) electrons. The third kappa shape index (κ3) is 4.06. The van der Waals surface area contributed by atoms with E-state index in [0.717, 1.165) is 5.56 Å². The van der Waals surface area contributed by atoms with E-state index < -0.39 is 0 Å². The Balaban J connectivity index is 1.57. The van der Waals surface area contributed by atoms with Crippen LogP contribution in [0.15, 0.2) is 59.6 Å². The summed E-state index contributed by atoms with van der Waals surface area (Å²) < 4.78 is 6.59. The minimum atomic E-state index is -0.112. The molecule has 0 saturated heterocycles. The van der Waals surface area contributed by atoms with Gasteiger partial charge in [0.2, 0.25) is 5.91 Å². The fourth-order valence-corrected chi connectivity index (χ4v) is 2.33. The Labute approximate surface area is 134 Å². The zero-order chi connectivity index (χ0) is 16.1. The summed E-state index contributed by atoms with van der Waals surface area (Å²) in [6.07, 6.45) is 5.40. The molecule has 2 aromatic heterocycles. The molecule has 118 valence electrons. The molecular formula is C17H18N4O2. The number of rotatable bonds is 6.